The Labute approximate surface area is 269 Å². The maximum atomic E-state index is 12.4. The molecule has 0 heterocycles. The highest BCUT2D eigenvalue weighted by molar-refractivity contribution is 7.59. The summed E-state index contributed by atoms with van der Waals surface area (Å²) in [7, 11) is -6.53. The van der Waals surface area contributed by atoms with Crippen LogP contribution in [0.3, 0.4) is 0 Å². The van der Waals surface area contributed by atoms with Gasteiger partial charge in [0.05, 0.1) is 56.7 Å². The molecule has 0 spiro atoms. The second kappa shape index (κ2) is 22.2. The molecule has 0 aliphatic carbocycles. The zero-order valence-electron chi connectivity index (χ0n) is 27.0. The third kappa shape index (κ3) is 18.7. The van der Waals surface area contributed by atoms with E-state index in [2.05, 4.69) is 13.2 Å². The van der Waals surface area contributed by atoms with Gasteiger partial charge in [-0.05, 0) is 13.8 Å². The number of esters is 3. The summed E-state index contributed by atoms with van der Waals surface area (Å²) >= 11 is 0. The molecule has 0 saturated heterocycles. The number of hydrogen-bond donors (Lipinski definition) is 6. The predicted molar refractivity (Wildman–Crippen MR) is 167 cm³/mol. The van der Waals surface area contributed by atoms with Gasteiger partial charge < -0.3 is 49.2 Å². The monoisotopic (exact) mass is 704 g/mol. The van der Waals surface area contributed by atoms with Gasteiger partial charge in [-0.15, -0.1) is 0 Å². The highest BCUT2D eigenvalue weighted by Crippen LogP contribution is 2.48. The molecule has 0 saturated carbocycles. The van der Waals surface area contributed by atoms with Crippen LogP contribution in [0.25, 0.3) is 0 Å². The molecule has 0 aromatic rings. The van der Waals surface area contributed by atoms with E-state index in [1.807, 2.05) is 0 Å². The van der Waals surface area contributed by atoms with E-state index in [0.717, 1.165) is 0 Å². The topological polar surface area (TPSA) is 261 Å². The Morgan fingerprint density at radius 3 is 1.43 bits per heavy atom. The normalized spacial score (nSPS) is 14.0. The number of aliphatic hydroxyl groups is 4. The lowest BCUT2D eigenvalue weighted by molar-refractivity contribution is -0.156. The highest BCUT2D eigenvalue weighted by atomic mass is 31.2. The van der Waals surface area contributed by atoms with Gasteiger partial charge in [0.15, 0.2) is 0 Å². The largest absolute Gasteiger partial charge is 0.481 e. The maximum absolute atomic E-state index is 12.4. The van der Waals surface area contributed by atoms with Gasteiger partial charge in [0.2, 0.25) is 14.7 Å². The summed E-state index contributed by atoms with van der Waals surface area (Å²) in [5, 5.41) is 46.4. The molecule has 268 valence electrons. The lowest BCUT2D eigenvalue weighted by Crippen LogP contribution is -2.41. The fourth-order valence-corrected chi connectivity index (χ4v) is 5.31. The molecular weight excluding hydrogens is 654 g/mol. The molecule has 46 heavy (non-hydrogen) atoms. The van der Waals surface area contributed by atoms with Crippen molar-refractivity contribution >= 4 is 38.6 Å². The first-order valence-corrected chi connectivity index (χ1v) is 18.3. The van der Waals surface area contributed by atoms with Gasteiger partial charge in [-0.25, -0.2) is 9.59 Å². The first kappa shape index (κ1) is 45.7. The molecule has 0 aromatic carbocycles. The summed E-state index contributed by atoms with van der Waals surface area (Å²) in [6.45, 7) is 9.19. The van der Waals surface area contributed by atoms with E-state index < -0.39 is 75.9 Å². The van der Waals surface area contributed by atoms with Crippen LogP contribution in [0.2, 0.25) is 0 Å². The van der Waals surface area contributed by atoms with Crippen molar-refractivity contribution < 1.29 is 77.5 Å². The van der Waals surface area contributed by atoms with Gasteiger partial charge in [0.25, 0.3) is 0 Å². The third-order valence-electron chi connectivity index (χ3n) is 6.51. The minimum atomic E-state index is -3.32. The van der Waals surface area contributed by atoms with Crippen molar-refractivity contribution in [3.8, 4) is 0 Å². The zero-order chi connectivity index (χ0) is 36.2. The molecule has 0 aromatic heterocycles. The van der Waals surface area contributed by atoms with Crippen LogP contribution in [-0.2, 0) is 47.0 Å². The molecule has 0 rings (SSSR count). The van der Waals surface area contributed by atoms with Crippen molar-refractivity contribution in [1.29, 1.82) is 0 Å². The van der Waals surface area contributed by atoms with Gasteiger partial charge in [-0.1, -0.05) is 27.0 Å². The van der Waals surface area contributed by atoms with E-state index in [9.17, 15) is 53.6 Å². The van der Waals surface area contributed by atoms with Crippen LogP contribution in [0.4, 0.5) is 0 Å². The Balaban J connectivity index is 0. The van der Waals surface area contributed by atoms with Crippen molar-refractivity contribution in [2.24, 2.45) is 10.8 Å². The van der Waals surface area contributed by atoms with Crippen LogP contribution >= 0.6 is 14.7 Å². The number of aliphatic hydroxyl groups excluding tert-OH is 4. The molecule has 16 nitrogen and oxygen atoms in total. The average molecular weight is 705 g/mol. The van der Waals surface area contributed by atoms with Gasteiger partial charge in [-0.3, -0.25) is 18.7 Å². The fourth-order valence-electron chi connectivity index (χ4n) is 2.80. The Morgan fingerprint density at radius 2 is 1.09 bits per heavy atom. The second-order valence-corrected chi connectivity index (χ2v) is 16.7. The van der Waals surface area contributed by atoms with Crippen molar-refractivity contribution in [1.82, 2.24) is 0 Å². The number of carbonyl (C=O) groups excluding carboxylic acids is 3. The summed E-state index contributed by atoms with van der Waals surface area (Å²) in [6, 6.07) is 0. The SMILES string of the molecule is C=C(C)C(=O)OCC(CO)(CO)COC(=O)CCP(=O)(O)CC.C=C(C)C(=O)OCC(CO)(CO)COP(=O)(CC)CCC(=O)O. The summed E-state index contributed by atoms with van der Waals surface area (Å²) in [5.41, 5.74) is -2.34. The van der Waals surface area contributed by atoms with Crippen molar-refractivity contribution in [2.75, 3.05) is 77.5 Å². The smallest absolute Gasteiger partial charge is 0.333 e. The first-order valence-electron chi connectivity index (χ1n) is 14.2. The van der Waals surface area contributed by atoms with E-state index in [1.54, 1.807) is 13.8 Å². The summed E-state index contributed by atoms with van der Waals surface area (Å²) in [6.07, 6.45) is -0.705. The van der Waals surface area contributed by atoms with Gasteiger partial charge in [-0.2, -0.15) is 0 Å². The molecule has 2 unspecified atom stereocenters. The van der Waals surface area contributed by atoms with E-state index >= 15 is 0 Å². The van der Waals surface area contributed by atoms with Gasteiger partial charge >= 0.3 is 23.9 Å². The number of carboxylic acids is 1. The first-order chi connectivity index (χ1) is 21.2. The van der Waals surface area contributed by atoms with E-state index in [-0.39, 0.29) is 75.1 Å². The number of carbonyl (C=O) groups is 4. The van der Waals surface area contributed by atoms with E-state index in [0.29, 0.717) is 0 Å². The predicted octanol–water partition coefficient (Wildman–Crippen LogP) is 1.17. The number of aliphatic carboxylic acids is 1. The number of ether oxygens (including phenoxy) is 3. The summed E-state index contributed by atoms with van der Waals surface area (Å²) in [5.74, 6) is -3.19. The maximum Gasteiger partial charge on any atom is 0.333 e. The Morgan fingerprint density at radius 1 is 0.674 bits per heavy atom. The molecule has 0 aliphatic heterocycles. The number of carboxylic acid groups (broad SMARTS) is 1. The van der Waals surface area contributed by atoms with Crippen molar-refractivity contribution in [3.63, 3.8) is 0 Å². The third-order valence-corrected chi connectivity index (χ3v) is 10.9. The molecule has 0 fully saturated rings. The molecule has 0 amide bonds. The van der Waals surface area contributed by atoms with Crippen molar-refractivity contribution in [3.05, 3.63) is 24.3 Å². The van der Waals surface area contributed by atoms with Crippen molar-refractivity contribution in [2.45, 2.75) is 40.5 Å². The Hall–Kier alpha value is -2.42. The number of hydrogen-bond acceptors (Lipinski definition) is 14. The lowest BCUT2D eigenvalue weighted by atomic mass is 9.92. The summed E-state index contributed by atoms with van der Waals surface area (Å²) < 4.78 is 43.9. The zero-order valence-corrected chi connectivity index (χ0v) is 28.8. The Kier molecular flexibility index (Phi) is 22.1. The second-order valence-electron chi connectivity index (χ2n) is 10.9. The van der Waals surface area contributed by atoms with Crippen LogP contribution in [0.5, 0.6) is 0 Å². The highest BCUT2D eigenvalue weighted by Gasteiger charge is 2.35. The van der Waals surface area contributed by atoms with Crippen LogP contribution in [0.15, 0.2) is 24.3 Å². The fraction of sp³-hybridized carbons (Fsp3) is 0.714. The van der Waals surface area contributed by atoms with E-state index in [4.69, 9.17) is 23.8 Å². The molecule has 0 aliphatic rings. The minimum Gasteiger partial charge on any atom is -0.481 e. The Bertz CT molecular complexity index is 1110. The van der Waals surface area contributed by atoms with Crippen LogP contribution in [0.1, 0.15) is 40.5 Å². The molecule has 0 radical (unpaired) electrons. The molecule has 6 N–H and O–H groups in total. The quantitative estimate of drug-likeness (QED) is 0.0377. The molecule has 0 bridgehead atoms. The van der Waals surface area contributed by atoms with Crippen LogP contribution in [0, 0.1) is 10.8 Å². The van der Waals surface area contributed by atoms with Gasteiger partial charge in [0.1, 0.15) is 19.8 Å². The van der Waals surface area contributed by atoms with Crippen LogP contribution in [-0.4, -0.2) is 132 Å². The number of rotatable bonds is 23. The lowest BCUT2D eigenvalue weighted by Gasteiger charge is -2.30. The van der Waals surface area contributed by atoms with Crippen LogP contribution < -0.4 is 0 Å². The summed E-state index contributed by atoms with van der Waals surface area (Å²) in [4.78, 5) is 54.3. The molecular formula is C28H50O16P2. The molecule has 2 atom stereocenters. The molecule has 18 heteroatoms. The standard InChI is InChI=1S/2C14H25O8P/c1-4-23(19,20)6-5-12(17)21-9-14(7-15,8-16)10-22-13(18)11(2)3;1-4-23(20,6-5-12(17)18)22-10-14(7-15,8-16)9-21-13(19)11(2)3/h15-16H,2,4-10H2,1,3H3,(H,19,20);15-16H,2,4-10H2,1,3H3,(H,17,18). The average Bonchev–Trinajstić information content (AvgIpc) is 3.03. The van der Waals surface area contributed by atoms with Gasteiger partial charge in [0, 0.05) is 35.8 Å². The minimum absolute atomic E-state index is 0.0638. The van der Waals surface area contributed by atoms with E-state index in [1.165, 1.54) is 13.8 Å².